The number of benzene rings is 2. The molecular formula is C29H38N4O4S. The van der Waals surface area contributed by atoms with Crippen LogP contribution in [0.2, 0.25) is 0 Å². The van der Waals surface area contributed by atoms with Crippen molar-refractivity contribution in [1.82, 2.24) is 14.7 Å². The monoisotopic (exact) mass is 538 g/mol. The molecule has 0 radical (unpaired) electrons. The van der Waals surface area contributed by atoms with Crippen molar-refractivity contribution in [3.63, 3.8) is 0 Å². The number of amides is 1. The minimum atomic E-state index is -4.27. The van der Waals surface area contributed by atoms with Crippen LogP contribution < -0.4 is 15.2 Å². The Morgan fingerprint density at radius 3 is 2.24 bits per heavy atom. The van der Waals surface area contributed by atoms with Gasteiger partial charge in [-0.3, -0.25) is 14.3 Å². The number of carbonyl (C=O) groups is 1. The zero-order valence-corrected chi connectivity index (χ0v) is 23.9. The number of sulfonamides is 1. The van der Waals surface area contributed by atoms with Crippen molar-refractivity contribution in [2.45, 2.75) is 71.2 Å². The number of carbonyl (C=O) groups excluding carboxylic acids is 1. The van der Waals surface area contributed by atoms with E-state index in [0.717, 1.165) is 35.6 Å². The predicted octanol–water partition coefficient (Wildman–Crippen LogP) is 4.30. The summed E-state index contributed by atoms with van der Waals surface area (Å²) >= 11 is 0. The average Bonchev–Trinajstić information content (AvgIpc) is 3.06. The zero-order valence-electron chi connectivity index (χ0n) is 23.1. The molecule has 204 valence electrons. The van der Waals surface area contributed by atoms with E-state index in [1.165, 1.54) is 4.68 Å². The Morgan fingerprint density at radius 2 is 1.63 bits per heavy atom. The molecule has 2 aromatic carbocycles. The van der Waals surface area contributed by atoms with Gasteiger partial charge in [-0.05, 0) is 69.7 Å². The van der Waals surface area contributed by atoms with Crippen LogP contribution in [0, 0.1) is 33.6 Å². The number of hydrogen-bond donors (Lipinski definition) is 1. The van der Waals surface area contributed by atoms with Crippen LogP contribution in [-0.2, 0) is 21.9 Å². The highest BCUT2D eigenvalue weighted by Gasteiger charge is 2.36. The predicted molar refractivity (Wildman–Crippen MR) is 150 cm³/mol. The van der Waals surface area contributed by atoms with E-state index in [9.17, 15) is 18.0 Å². The zero-order chi connectivity index (χ0) is 27.8. The first-order valence-electron chi connectivity index (χ1n) is 13.2. The van der Waals surface area contributed by atoms with Gasteiger partial charge in [-0.1, -0.05) is 55.7 Å². The lowest BCUT2D eigenvalue weighted by Gasteiger charge is -2.31. The second kappa shape index (κ2) is 10.8. The lowest BCUT2D eigenvalue weighted by molar-refractivity contribution is -0.120. The first kappa shape index (κ1) is 27.7. The summed E-state index contributed by atoms with van der Waals surface area (Å²) in [4.78, 5) is 27.4. The van der Waals surface area contributed by atoms with Crippen LogP contribution in [0.15, 0.2) is 52.2 Å². The standard InChI is InChI=1S/C29H38N4O4S/c1-19-16-21(3)28(22(4)17-19)38(36,37)32(18-26(34)30-25-15-11-10-12-20(25)2)27-23(5)31(6)33(29(27)35)24-13-8-7-9-14-24/h7-9,13-14,16-17,20,25H,10-12,15,18H2,1-6H3,(H,30,34)/t20-,25+/m1/s1. The molecule has 3 aromatic rings. The molecule has 1 fully saturated rings. The minimum absolute atomic E-state index is 0.0125. The Hall–Kier alpha value is -3.33. The number of rotatable bonds is 7. The second-order valence-corrected chi connectivity index (χ2v) is 12.4. The Balaban J connectivity index is 1.86. The van der Waals surface area contributed by atoms with Gasteiger partial charge in [0.1, 0.15) is 12.2 Å². The summed E-state index contributed by atoms with van der Waals surface area (Å²) in [6.45, 7) is 8.73. The van der Waals surface area contributed by atoms with Gasteiger partial charge in [-0.25, -0.2) is 17.4 Å². The molecule has 0 spiro atoms. The number of anilines is 1. The molecule has 1 N–H and O–H groups in total. The molecular weight excluding hydrogens is 500 g/mol. The summed E-state index contributed by atoms with van der Waals surface area (Å²) in [5, 5.41) is 3.06. The Bertz CT molecular complexity index is 1480. The van der Waals surface area contributed by atoms with Crippen molar-refractivity contribution in [1.29, 1.82) is 0 Å². The SMILES string of the molecule is Cc1cc(C)c(S(=O)(=O)N(CC(=O)N[C@H]2CCCC[C@H]2C)c2c(C)n(C)n(-c3ccccc3)c2=O)c(C)c1. The van der Waals surface area contributed by atoms with Gasteiger partial charge in [-0.15, -0.1) is 0 Å². The van der Waals surface area contributed by atoms with Gasteiger partial charge in [-0.2, -0.15) is 0 Å². The highest BCUT2D eigenvalue weighted by Crippen LogP contribution is 2.30. The number of para-hydroxylation sites is 1. The second-order valence-electron chi connectivity index (χ2n) is 10.6. The van der Waals surface area contributed by atoms with E-state index >= 15 is 0 Å². The first-order valence-corrected chi connectivity index (χ1v) is 14.6. The molecule has 0 unspecified atom stereocenters. The number of nitrogens with zero attached hydrogens (tertiary/aromatic N) is 3. The van der Waals surface area contributed by atoms with Crippen LogP contribution in [-0.4, -0.2) is 36.3 Å². The Kier molecular flexibility index (Phi) is 7.88. The van der Waals surface area contributed by atoms with Gasteiger partial charge in [0, 0.05) is 13.1 Å². The van der Waals surface area contributed by atoms with E-state index < -0.39 is 28.0 Å². The third-order valence-corrected chi connectivity index (χ3v) is 9.72. The summed E-state index contributed by atoms with van der Waals surface area (Å²) in [5.41, 5.74) is 2.62. The molecule has 1 aromatic heterocycles. The van der Waals surface area contributed by atoms with Crippen LogP contribution in [0.5, 0.6) is 0 Å². The molecule has 9 heteroatoms. The van der Waals surface area contributed by atoms with Crippen LogP contribution >= 0.6 is 0 Å². The fourth-order valence-corrected chi connectivity index (χ4v) is 7.61. The topological polar surface area (TPSA) is 93.4 Å². The summed E-state index contributed by atoms with van der Waals surface area (Å²) in [7, 11) is -2.55. The molecule has 8 nitrogen and oxygen atoms in total. The van der Waals surface area contributed by atoms with Crippen LogP contribution in [0.1, 0.15) is 55.0 Å². The van der Waals surface area contributed by atoms with Crippen molar-refractivity contribution in [3.8, 4) is 5.69 Å². The smallest absolute Gasteiger partial charge is 0.296 e. The first-order chi connectivity index (χ1) is 17.9. The number of nitrogens with one attached hydrogen (secondary N) is 1. The molecule has 1 heterocycles. The molecule has 1 amide bonds. The van der Waals surface area contributed by atoms with Gasteiger partial charge in [0.05, 0.1) is 16.3 Å². The van der Waals surface area contributed by atoms with Gasteiger partial charge in [0.25, 0.3) is 15.6 Å². The highest BCUT2D eigenvalue weighted by molar-refractivity contribution is 7.93. The molecule has 38 heavy (non-hydrogen) atoms. The fourth-order valence-electron chi connectivity index (χ4n) is 5.72. The molecule has 1 aliphatic rings. The molecule has 0 aliphatic heterocycles. The summed E-state index contributed by atoms with van der Waals surface area (Å²) < 4.78 is 32.7. The maximum atomic E-state index is 14.3. The number of hydrogen-bond acceptors (Lipinski definition) is 4. The van der Waals surface area contributed by atoms with E-state index in [2.05, 4.69) is 12.2 Å². The van der Waals surface area contributed by atoms with Gasteiger partial charge in [0.2, 0.25) is 5.91 Å². The van der Waals surface area contributed by atoms with Gasteiger partial charge >= 0.3 is 0 Å². The lowest BCUT2D eigenvalue weighted by Crippen LogP contribution is -2.48. The van der Waals surface area contributed by atoms with Crippen molar-refractivity contribution < 1.29 is 13.2 Å². The van der Waals surface area contributed by atoms with Crippen molar-refractivity contribution in [2.24, 2.45) is 13.0 Å². The van der Waals surface area contributed by atoms with E-state index in [-0.39, 0.29) is 16.6 Å². The third-order valence-electron chi connectivity index (χ3n) is 7.67. The van der Waals surface area contributed by atoms with Crippen LogP contribution in [0.3, 0.4) is 0 Å². The van der Waals surface area contributed by atoms with Crippen LogP contribution in [0.4, 0.5) is 5.69 Å². The molecule has 0 bridgehead atoms. The molecule has 1 aliphatic carbocycles. The highest BCUT2D eigenvalue weighted by atomic mass is 32.2. The Morgan fingerprint density at radius 1 is 1.03 bits per heavy atom. The van der Waals surface area contributed by atoms with Crippen LogP contribution in [0.25, 0.3) is 5.69 Å². The van der Waals surface area contributed by atoms with Crippen molar-refractivity contribution >= 4 is 21.6 Å². The van der Waals surface area contributed by atoms with Crippen molar-refractivity contribution in [2.75, 3.05) is 10.8 Å². The number of aryl methyl sites for hydroxylation is 3. The normalized spacial score (nSPS) is 17.8. The Labute approximate surface area is 225 Å². The fraction of sp³-hybridized carbons (Fsp3) is 0.448. The largest absolute Gasteiger partial charge is 0.352 e. The quantitative estimate of drug-likeness (QED) is 0.485. The average molecular weight is 539 g/mol. The molecule has 0 saturated heterocycles. The van der Waals surface area contributed by atoms with E-state index in [1.807, 2.05) is 37.3 Å². The summed E-state index contributed by atoms with van der Waals surface area (Å²) in [6.07, 6.45) is 4.04. The molecule has 2 atom stereocenters. The molecule has 1 saturated carbocycles. The van der Waals surface area contributed by atoms with Crippen molar-refractivity contribution in [3.05, 3.63) is 75.2 Å². The van der Waals surface area contributed by atoms with E-state index in [1.54, 1.807) is 44.6 Å². The minimum Gasteiger partial charge on any atom is -0.352 e. The summed E-state index contributed by atoms with van der Waals surface area (Å²) in [5.74, 6) is -0.100. The maximum Gasteiger partial charge on any atom is 0.296 e. The maximum absolute atomic E-state index is 14.3. The van der Waals surface area contributed by atoms with E-state index in [0.29, 0.717) is 28.4 Å². The number of aromatic nitrogens is 2. The van der Waals surface area contributed by atoms with E-state index in [4.69, 9.17) is 0 Å². The van der Waals surface area contributed by atoms with Gasteiger partial charge < -0.3 is 5.32 Å². The summed E-state index contributed by atoms with van der Waals surface area (Å²) in [6, 6.07) is 12.7. The molecule has 4 rings (SSSR count). The van der Waals surface area contributed by atoms with Gasteiger partial charge in [0.15, 0.2) is 0 Å². The lowest BCUT2D eigenvalue weighted by atomic mass is 9.86. The third kappa shape index (κ3) is 5.16.